The Morgan fingerprint density at radius 3 is 2.60 bits per heavy atom. The zero-order valence-corrected chi connectivity index (χ0v) is 18.7. The Morgan fingerprint density at radius 2 is 1.83 bits per heavy atom. The largest absolute Gasteiger partial charge is 0.491 e. The maximum Gasteiger partial charge on any atom is 0.410 e. The summed E-state index contributed by atoms with van der Waals surface area (Å²) < 4.78 is 12.9. The highest BCUT2D eigenvalue weighted by atomic mass is 32.1. The number of amides is 1. The van der Waals surface area contributed by atoms with Crippen LogP contribution < -0.4 is 4.74 Å². The molecule has 1 fully saturated rings. The van der Waals surface area contributed by atoms with Crippen molar-refractivity contribution in [3.63, 3.8) is 0 Å². The van der Waals surface area contributed by atoms with E-state index in [2.05, 4.69) is 41.8 Å². The summed E-state index contributed by atoms with van der Waals surface area (Å²) in [6.07, 6.45) is 2.82. The predicted octanol–water partition coefficient (Wildman–Crippen LogP) is 6.74. The summed E-state index contributed by atoms with van der Waals surface area (Å²) in [6.45, 7) is 6.92. The number of hydrogen-bond donors (Lipinski definition) is 0. The van der Waals surface area contributed by atoms with E-state index in [1.165, 1.54) is 21.2 Å². The van der Waals surface area contributed by atoms with Crippen LogP contribution in [0.3, 0.4) is 0 Å². The number of nitrogens with zero attached hydrogens (tertiary/aromatic N) is 1. The molecular formula is C25H29NO3S. The molecule has 1 unspecified atom stereocenters. The molecule has 30 heavy (non-hydrogen) atoms. The van der Waals surface area contributed by atoms with Crippen molar-refractivity contribution in [3.05, 3.63) is 53.9 Å². The molecular weight excluding hydrogens is 394 g/mol. The molecule has 1 atom stereocenters. The summed E-state index contributed by atoms with van der Waals surface area (Å²) >= 11 is 1.76. The minimum Gasteiger partial charge on any atom is -0.491 e. The Kier molecular flexibility index (Phi) is 6.00. The van der Waals surface area contributed by atoms with E-state index in [0.29, 0.717) is 6.61 Å². The van der Waals surface area contributed by atoms with Gasteiger partial charge in [0.05, 0.1) is 6.04 Å². The highest BCUT2D eigenvalue weighted by Gasteiger charge is 2.30. The summed E-state index contributed by atoms with van der Waals surface area (Å²) in [5.74, 6) is 0.824. The number of carbonyl (C=O) groups excluding carboxylic acids is 1. The Hall–Kier alpha value is -2.53. The van der Waals surface area contributed by atoms with E-state index in [1.807, 2.05) is 37.8 Å². The van der Waals surface area contributed by atoms with Crippen molar-refractivity contribution in [3.8, 4) is 16.9 Å². The van der Waals surface area contributed by atoms with Crippen molar-refractivity contribution in [2.75, 3.05) is 13.2 Å². The summed E-state index contributed by atoms with van der Waals surface area (Å²) in [5.41, 5.74) is 1.89. The lowest BCUT2D eigenvalue weighted by Gasteiger charge is -2.36. The number of ether oxygens (including phenoxy) is 2. The van der Waals surface area contributed by atoms with Crippen molar-refractivity contribution in [2.24, 2.45) is 0 Å². The lowest BCUT2D eigenvalue weighted by Crippen LogP contribution is -2.48. The lowest BCUT2D eigenvalue weighted by atomic mass is 10.0. The highest BCUT2D eigenvalue weighted by molar-refractivity contribution is 7.17. The van der Waals surface area contributed by atoms with Crippen molar-refractivity contribution < 1.29 is 14.3 Å². The van der Waals surface area contributed by atoms with Gasteiger partial charge in [0.2, 0.25) is 0 Å². The number of fused-ring (bicyclic) bond motifs is 1. The summed E-state index contributed by atoms with van der Waals surface area (Å²) in [4.78, 5) is 14.4. The second kappa shape index (κ2) is 8.68. The standard InChI is InChI=1S/C25H29NO3S/c1-25(2,3)29-24(27)26-14-5-4-6-21(26)17-28-22-10-7-18(8-11-22)19-9-12-23-20(16-19)13-15-30-23/h7-13,15-16,21H,4-6,14,17H2,1-3H3. The van der Waals surface area contributed by atoms with Crippen LogP contribution in [0.25, 0.3) is 21.2 Å². The van der Waals surface area contributed by atoms with Crippen LogP contribution in [-0.4, -0.2) is 35.8 Å². The average molecular weight is 424 g/mol. The van der Waals surface area contributed by atoms with E-state index < -0.39 is 5.60 Å². The molecule has 4 nitrogen and oxygen atoms in total. The minimum absolute atomic E-state index is 0.0503. The van der Waals surface area contributed by atoms with Gasteiger partial charge in [-0.3, -0.25) is 0 Å². The Morgan fingerprint density at radius 1 is 1.07 bits per heavy atom. The zero-order chi connectivity index (χ0) is 21.1. The van der Waals surface area contributed by atoms with Crippen molar-refractivity contribution in [1.82, 2.24) is 4.90 Å². The zero-order valence-electron chi connectivity index (χ0n) is 17.9. The molecule has 1 aliphatic heterocycles. The first-order valence-electron chi connectivity index (χ1n) is 10.6. The molecule has 158 valence electrons. The monoisotopic (exact) mass is 423 g/mol. The molecule has 1 aromatic heterocycles. The van der Waals surface area contributed by atoms with Gasteiger partial charge < -0.3 is 14.4 Å². The maximum atomic E-state index is 12.6. The quantitative estimate of drug-likeness (QED) is 0.467. The van der Waals surface area contributed by atoms with Crippen LogP contribution in [0, 0.1) is 0 Å². The number of carbonyl (C=O) groups is 1. The number of hydrogen-bond acceptors (Lipinski definition) is 4. The third-order valence-electron chi connectivity index (χ3n) is 5.34. The molecule has 5 heteroatoms. The van der Waals surface area contributed by atoms with Gasteiger partial charge in [-0.15, -0.1) is 11.3 Å². The van der Waals surface area contributed by atoms with E-state index in [-0.39, 0.29) is 12.1 Å². The van der Waals surface area contributed by atoms with Gasteiger partial charge in [-0.05, 0) is 92.3 Å². The van der Waals surface area contributed by atoms with Gasteiger partial charge in [-0.2, -0.15) is 0 Å². The number of rotatable bonds is 4. The molecule has 2 heterocycles. The van der Waals surface area contributed by atoms with Crippen LogP contribution in [0.2, 0.25) is 0 Å². The molecule has 0 spiro atoms. The predicted molar refractivity (Wildman–Crippen MR) is 123 cm³/mol. The molecule has 3 aromatic rings. The molecule has 1 saturated heterocycles. The van der Waals surface area contributed by atoms with Crippen molar-refractivity contribution >= 4 is 27.5 Å². The summed E-state index contributed by atoms with van der Waals surface area (Å²) in [5, 5.41) is 3.40. The summed E-state index contributed by atoms with van der Waals surface area (Å²) in [7, 11) is 0. The first-order valence-corrected chi connectivity index (χ1v) is 11.5. The van der Waals surface area contributed by atoms with E-state index in [0.717, 1.165) is 31.6 Å². The van der Waals surface area contributed by atoms with Crippen LogP contribution in [0.5, 0.6) is 5.75 Å². The first-order chi connectivity index (χ1) is 14.4. The number of likely N-dealkylation sites (tertiary alicyclic amines) is 1. The van der Waals surface area contributed by atoms with Crippen molar-refractivity contribution in [2.45, 2.75) is 51.7 Å². The summed E-state index contributed by atoms with van der Waals surface area (Å²) in [6, 6.07) is 17.0. The van der Waals surface area contributed by atoms with Gasteiger partial charge in [0.25, 0.3) is 0 Å². The molecule has 0 N–H and O–H groups in total. The maximum absolute atomic E-state index is 12.6. The van der Waals surface area contributed by atoms with Crippen LogP contribution in [-0.2, 0) is 4.74 Å². The van der Waals surface area contributed by atoms with E-state index in [4.69, 9.17) is 9.47 Å². The Bertz CT molecular complexity index is 1000. The fourth-order valence-corrected chi connectivity index (χ4v) is 4.59. The van der Waals surface area contributed by atoms with E-state index in [9.17, 15) is 4.79 Å². The second-order valence-corrected chi connectivity index (χ2v) is 9.78. The van der Waals surface area contributed by atoms with E-state index >= 15 is 0 Å². The van der Waals surface area contributed by atoms with E-state index in [1.54, 1.807) is 11.3 Å². The van der Waals surface area contributed by atoms with Gasteiger partial charge in [-0.25, -0.2) is 4.79 Å². The highest BCUT2D eigenvalue weighted by Crippen LogP contribution is 2.29. The van der Waals surface area contributed by atoms with Crippen LogP contribution in [0.4, 0.5) is 4.79 Å². The topological polar surface area (TPSA) is 38.8 Å². The van der Waals surface area contributed by atoms with Crippen LogP contribution >= 0.6 is 11.3 Å². The number of thiophene rings is 1. The first kappa shape index (κ1) is 20.7. The van der Waals surface area contributed by atoms with Crippen LogP contribution in [0.15, 0.2) is 53.9 Å². The molecule has 0 radical (unpaired) electrons. The number of benzene rings is 2. The van der Waals surface area contributed by atoms with Crippen molar-refractivity contribution in [1.29, 1.82) is 0 Å². The van der Waals surface area contributed by atoms with Gasteiger partial charge in [0.15, 0.2) is 0 Å². The molecule has 0 bridgehead atoms. The fraction of sp³-hybridized carbons (Fsp3) is 0.400. The van der Waals surface area contributed by atoms with Gasteiger partial charge in [-0.1, -0.05) is 18.2 Å². The second-order valence-electron chi connectivity index (χ2n) is 8.83. The molecule has 1 amide bonds. The average Bonchev–Trinajstić information content (AvgIpc) is 3.19. The minimum atomic E-state index is -0.484. The van der Waals surface area contributed by atoms with Gasteiger partial charge in [0, 0.05) is 11.2 Å². The van der Waals surface area contributed by atoms with Gasteiger partial charge >= 0.3 is 6.09 Å². The Labute approximate surface area is 182 Å². The smallest absolute Gasteiger partial charge is 0.410 e. The fourth-order valence-electron chi connectivity index (χ4n) is 3.82. The SMILES string of the molecule is CC(C)(C)OC(=O)N1CCCCC1COc1ccc(-c2ccc3sccc3c2)cc1. The molecule has 2 aromatic carbocycles. The molecule has 4 rings (SSSR count). The van der Waals surface area contributed by atoms with Crippen LogP contribution in [0.1, 0.15) is 40.0 Å². The molecule has 0 aliphatic carbocycles. The van der Waals surface area contributed by atoms with Gasteiger partial charge in [0.1, 0.15) is 18.0 Å². The lowest BCUT2D eigenvalue weighted by molar-refractivity contribution is 0.00361. The normalized spacial score (nSPS) is 17.2. The third kappa shape index (κ3) is 4.96. The molecule has 0 saturated carbocycles. The third-order valence-corrected chi connectivity index (χ3v) is 6.24. The molecule has 1 aliphatic rings. The number of piperidine rings is 1. The Balaban J connectivity index is 1.39.